The van der Waals surface area contributed by atoms with Crippen molar-refractivity contribution >= 4 is 0 Å². The minimum absolute atomic E-state index is 0.790. The van der Waals surface area contributed by atoms with E-state index >= 15 is 0 Å². The first kappa shape index (κ1) is 13.0. The Hall–Kier alpha value is -0.0800. The highest BCUT2D eigenvalue weighted by atomic mass is 15.2. The SMILES string of the molecule is CCC(CC)N(CC(C)C)CC1CNC1. The first-order valence-electron chi connectivity index (χ1n) is 6.62. The summed E-state index contributed by atoms with van der Waals surface area (Å²) < 4.78 is 0. The fourth-order valence-corrected chi connectivity index (χ4v) is 2.46. The smallest absolute Gasteiger partial charge is 0.00902 e. The molecule has 1 heterocycles. The molecular weight excluding hydrogens is 184 g/mol. The van der Waals surface area contributed by atoms with Crippen LogP contribution in [0.4, 0.5) is 0 Å². The van der Waals surface area contributed by atoms with E-state index in [-0.39, 0.29) is 0 Å². The zero-order chi connectivity index (χ0) is 11.3. The molecule has 0 unspecified atom stereocenters. The van der Waals surface area contributed by atoms with Crippen molar-refractivity contribution in [2.75, 3.05) is 26.2 Å². The molecule has 0 atom stereocenters. The Morgan fingerprint density at radius 3 is 2.13 bits per heavy atom. The Balaban J connectivity index is 2.42. The maximum absolute atomic E-state index is 3.37. The lowest BCUT2D eigenvalue weighted by molar-refractivity contribution is 0.122. The van der Waals surface area contributed by atoms with Gasteiger partial charge in [0.25, 0.3) is 0 Å². The molecule has 0 aromatic rings. The Labute approximate surface area is 95.4 Å². The summed E-state index contributed by atoms with van der Waals surface area (Å²) in [5, 5.41) is 3.37. The monoisotopic (exact) mass is 212 g/mol. The molecule has 2 heteroatoms. The summed E-state index contributed by atoms with van der Waals surface area (Å²) >= 11 is 0. The molecule has 1 rings (SSSR count). The topological polar surface area (TPSA) is 15.3 Å². The Morgan fingerprint density at radius 2 is 1.80 bits per heavy atom. The molecule has 90 valence electrons. The van der Waals surface area contributed by atoms with Gasteiger partial charge in [-0.1, -0.05) is 27.7 Å². The van der Waals surface area contributed by atoms with Crippen molar-refractivity contribution < 1.29 is 0 Å². The van der Waals surface area contributed by atoms with E-state index in [9.17, 15) is 0 Å². The van der Waals surface area contributed by atoms with Crippen molar-refractivity contribution in [3.63, 3.8) is 0 Å². The van der Waals surface area contributed by atoms with E-state index in [1.54, 1.807) is 0 Å². The lowest BCUT2D eigenvalue weighted by Gasteiger charge is -2.38. The Bertz CT molecular complexity index is 160. The maximum Gasteiger partial charge on any atom is 0.00902 e. The van der Waals surface area contributed by atoms with E-state index in [1.165, 1.54) is 39.0 Å². The van der Waals surface area contributed by atoms with Crippen LogP contribution in [0.3, 0.4) is 0 Å². The molecule has 1 aliphatic heterocycles. The van der Waals surface area contributed by atoms with Crippen LogP contribution in [0.2, 0.25) is 0 Å². The molecule has 2 nitrogen and oxygen atoms in total. The minimum Gasteiger partial charge on any atom is -0.316 e. The van der Waals surface area contributed by atoms with Gasteiger partial charge < -0.3 is 5.32 Å². The van der Waals surface area contributed by atoms with Gasteiger partial charge in [-0.05, 0) is 24.7 Å². The maximum atomic E-state index is 3.37. The molecule has 0 radical (unpaired) electrons. The summed E-state index contributed by atoms with van der Waals surface area (Å²) in [7, 11) is 0. The molecular formula is C13H28N2. The molecule has 1 saturated heterocycles. The largest absolute Gasteiger partial charge is 0.316 e. The van der Waals surface area contributed by atoms with E-state index in [0.717, 1.165) is 17.9 Å². The lowest BCUT2D eigenvalue weighted by atomic mass is 9.99. The van der Waals surface area contributed by atoms with Crippen molar-refractivity contribution in [1.82, 2.24) is 10.2 Å². The van der Waals surface area contributed by atoms with Crippen LogP contribution < -0.4 is 5.32 Å². The third-order valence-electron chi connectivity index (χ3n) is 3.42. The zero-order valence-corrected chi connectivity index (χ0v) is 10.9. The van der Waals surface area contributed by atoms with Crippen molar-refractivity contribution in [3.05, 3.63) is 0 Å². The van der Waals surface area contributed by atoms with Gasteiger partial charge in [-0.15, -0.1) is 0 Å². The first-order valence-corrected chi connectivity index (χ1v) is 6.62. The van der Waals surface area contributed by atoms with Gasteiger partial charge in [-0.3, -0.25) is 4.90 Å². The van der Waals surface area contributed by atoms with Crippen molar-refractivity contribution in [2.45, 2.75) is 46.6 Å². The molecule has 0 bridgehead atoms. The molecule has 1 N–H and O–H groups in total. The van der Waals surface area contributed by atoms with Crippen molar-refractivity contribution in [2.24, 2.45) is 11.8 Å². The summed E-state index contributed by atoms with van der Waals surface area (Å²) in [6, 6.07) is 0.799. The molecule has 0 aliphatic carbocycles. The highest BCUT2D eigenvalue weighted by molar-refractivity contribution is 4.81. The van der Waals surface area contributed by atoms with E-state index in [2.05, 4.69) is 37.9 Å². The summed E-state index contributed by atoms with van der Waals surface area (Å²) in [6.45, 7) is 14.3. The third kappa shape index (κ3) is 4.12. The fourth-order valence-electron chi connectivity index (χ4n) is 2.46. The van der Waals surface area contributed by atoms with E-state index in [1.807, 2.05) is 0 Å². The van der Waals surface area contributed by atoms with Crippen LogP contribution in [-0.2, 0) is 0 Å². The normalized spacial score (nSPS) is 17.8. The van der Waals surface area contributed by atoms with Crippen LogP contribution in [0.1, 0.15) is 40.5 Å². The van der Waals surface area contributed by atoms with Gasteiger partial charge >= 0.3 is 0 Å². The van der Waals surface area contributed by atoms with Gasteiger partial charge in [0.1, 0.15) is 0 Å². The second-order valence-corrected chi connectivity index (χ2v) is 5.34. The predicted octanol–water partition coefficient (Wildman–Crippen LogP) is 2.35. The van der Waals surface area contributed by atoms with E-state index < -0.39 is 0 Å². The molecule has 1 fully saturated rings. The van der Waals surface area contributed by atoms with Crippen molar-refractivity contribution in [3.8, 4) is 0 Å². The van der Waals surface area contributed by atoms with Crippen LogP contribution in [0.15, 0.2) is 0 Å². The average Bonchev–Trinajstić information content (AvgIpc) is 2.12. The highest BCUT2D eigenvalue weighted by Crippen LogP contribution is 2.15. The van der Waals surface area contributed by atoms with Crippen LogP contribution in [0.5, 0.6) is 0 Å². The predicted molar refractivity (Wildman–Crippen MR) is 67.1 cm³/mol. The molecule has 1 aliphatic rings. The van der Waals surface area contributed by atoms with Gasteiger partial charge in [0, 0.05) is 32.2 Å². The molecule has 0 spiro atoms. The molecule has 0 aromatic heterocycles. The summed E-state index contributed by atoms with van der Waals surface area (Å²) in [5.41, 5.74) is 0. The zero-order valence-electron chi connectivity index (χ0n) is 10.9. The summed E-state index contributed by atoms with van der Waals surface area (Å²) in [6.07, 6.45) is 2.59. The Kier molecular flexibility index (Phi) is 5.62. The van der Waals surface area contributed by atoms with Crippen LogP contribution in [0, 0.1) is 11.8 Å². The standard InChI is InChI=1S/C13H28N2/c1-5-13(6-2)15(9-11(3)4)10-12-7-14-8-12/h11-14H,5-10H2,1-4H3. The number of nitrogens with one attached hydrogen (secondary N) is 1. The van der Waals surface area contributed by atoms with Crippen molar-refractivity contribution in [1.29, 1.82) is 0 Å². The quantitative estimate of drug-likeness (QED) is 0.697. The summed E-state index contributed by atoms with van der Waals surface area (Å²) in [5.74, 6) is 1.70. The average molecular weight is 212 g/mol. The molecule has 0 amide bonds. The van der Waals surface area contributed by atoms with Gasteiger partial charge in [-0.2, -0.15) is 0 Å². The minimum atomic E-state index is 0.790. The van der Waals surface area contributed by atoms with E-state index in [4.69, 9.17) is 0 Å². The molecule has 15 heavy (non-hydrogen) atoms. The van der Waals surface area contributed by atoms with Crippen LogP contribution >= 0.6 is 0 Å². The van der Waals surface area contributed by atoms with E-state index in [0.29, 0.717) is 0 Å². The molecule has 0 saturated carbocycles. The van der Waals surface area contributed by atoms with Crippen LogP contribution in [0.25, 0.3) is 0 Å². The third-order valence-corrected chi connectivity index (χ3v) is 3.42. The lowest BCUT2D eigenvalue weighted by Crippen LogP contribution is -2.51. The van der Waals surface area contributed by atoms with Gasteiger partial charge in [0.05, 0.1) is 0 Å². The second kappa shape index (κ2) is 6.49. The number of rotatable bonds is 7. The van der Waals surface area contributed by atoms with Gasteiger partial charge in [0.2, 0.25) is 0 Å². The number of hydrogen-bond acceptors (Lipinski definition) is 2. The summed E-state index contributed by atoms with van der Waals surface area (Å²) in [4.78, 5) is 2.72. The fraction of sp³-hybridized carbons (Fsp3) is 1.00. The molecule has 0 aromatic carbocycles. The Morgan fingerprint density at radius 1 is 1.20 bits per heavy atom. The van der Waals surface area contributed by atoms with Crippen LogP contribution in [-0.4, -0.2) is 37.1 Å². The second-order valence-electron chi connectivity index (χ2n) is 5.34. The van der Waals surface area contributed by atoms with Gasteiger partial charge in [0.15, 0.2) is 0 Å². The number of hydrogen-bond donors (Lipinski definition) is 1. The number of nitrogens with zero attached hydrogens (tertiary/aromatic N) is 1. The van der Waals surface area contributed by atoms with Gasteiger partial charge in [-0.25, -0.2) is 0 Å². The highest BCUT2D eigenvalue weighted by Gasteiger charge is 2.23. The first-order chi connectivity index (χ1) is 7.17.